The number of nitrogens with zero attached hydrogens (tertiary/aromatic N) is 1. The van der Waals surface area contributed by atoms with E-state index in [9.17, 15) is 0 Å². The first-order valence-corrected chi connectivity index (χ1v) is 5.65. The van der Waals surface area contributed by atoms with Crippen LogP contribution in [0.3, 0.4) is 0 Å². The van der Waals surface area contributed by atoms with E-state index < -0.39 is 0 Å². The molecular weight excluding hydrogens is 214 g/mol. The molecule has 2 aromatic rings. The van der Waals surface area contributed by atoms with Crippen LogP contribution in [-0.2, 0) is 6.54 Å². The highest BCUT2D eigenvalue weighted by atomic mass is 16.5. The summed E-state index contributed by atoms with van der Waals surface area (Å²) in [6.45, 7) is 2.91. The lowest BCUT2D eigenvalue weighted by Crippen LogP contribution is -2.18. The first-order valence-electron chi connectivity index (χ1n) is 5.65. The van der Waals surface area contributed by atoms with Crippen molar-refractivity contribution in [3.8, 4) is 5.75 Å². The Bertz CT molecular complexity index is 453. The van der Waals surface area contributed by atoms with Gasteiger partial charge in [0.1, 0.15) is 5.75 Å². The lowest BCUT2D eigenvalue weighted by Gasteiger charge is -2.14. The number of H-pyrrole nitrogens is 1. The molecule has 1 heterocycles. The Morgan fingerprint density at radius 2 is 2.29 bits per heavy atom. The second-order valence-electron chi connectivity index (χ2n) is 3.96. The molecule has 4 nitrogen and oxygen atoms in total. The largest absolute Gasteiger partial charge is 0.497 e. The second kappa shape index (κ2) is 5.50. The van der Waals surface area contributed by atoms with E-state index in [2.05, 4.69) is 28.5 Å². The molecule has 1 atom stereocenters. The van der Waals surface area contributed by atoms with Crippen molar-refractivity contribution >= 4 is 0 Å². The number of nitrogens with one attached hydrogen (secondary N) is 2. The molecule has 0 radical (unpaired) electrons. The number of methoxy groups -OCH3 is 1. The van der Waals surface area contributed by atoms with Gasteiger partial charge in [0.05, 0.1) is 7.11 Å². The van der Waals surface area contributed by atoms with Crippen LogP contribution in [0.4, 0.5) is 0 Å². The van der Waals surface area contributed by atoms with Crippen LogP contribution in [0.25, 0.3) is 0 Å². The van der Waals surface area contributed by atoms with E-state index in [0.717, 1.165) is 18.0 Å². The third-order valence-electron chi connectivity index (χ3n) is 2.75. The Morgan fingerprint density at radius 3 is 3.00 bits per heavy atom. The van der Waals surface area contributed by atoms with Crippen LogP contribution in [0.15, 0.2) is 36.5 Å². The quantitative estimate of drug-likeness (QED) is 0.830. The molecule has 90 valence electrons. The molecule has 2 rings (SSSR count). The molecule has 17 heavy (non-hydrogen) atoms. The van der Waals surface area contributed by atoms with E-state index >= 15 is 0 Å². The molecule has 0 saturated heterocycles. The fourth-order valence-corrected chi connectivity index (χ4v) is 1.67. The lowest BCUT2D eigenvalue weighted by molar-refractivity contribution is 0.413. The fourth-order valence-electron chi connectivity index (χ4n) is 1.67. The van der Waals surface area contributed by atoms with Gasteiger partial charge in [-0.1, -0.05) is 12.1 Å². The molecule has 0 saturated carbocycles. The van der Waals surface area contributed by atoms with Crippen molar-refractivity contribution in [3.05, 3.63) is 47.8 Å². The zero-order chi connectivity index (χ0) is 12.1. The van der Waals surface area contributed by atoms with Crippen molar-refractivity contribution < 1.29 is 4.74 Å². The Hall–Kier alpha value is -1.81. The Labute approximate surface area is 101 Å². The van der Waals surface area contributed by atoms with E-state index in [1.54, 1.807) is 13.3 Å². The van der Waals surface area contributed by atoms with E-state index in [1.807, 2.05) is 24.3 Å². The highest BCUT2D eigenvalue weighted by Gasteiger charge is 2.06. The molecule has 0 bridgehead atoms. The van der Waals surface area contributed by atoms with Crippen LogP contribution < -0.4 is 10.1 Å². The van der Waals surface area contributed by atoms with Gasteiger partial charge in [-0.15, -0.1) is 0 Å². The average molecular weight is 231 g/mol. The normalized spacial score (nSPS) is 12.4. The first-order chi connectivity index (χ1) is 8.29. The van der Waals surface area contributed by atoms with E-state index in [1.165, 1.54) is 5.56 Å². The number of benzene rings is 1. The van der Waals surface area contributed by atoms with Gasteiger partial charge in [0.2, 0.25) is 0 Å². The zero-order valence-electron chi connectivity index (χ0n) is 10.1. The molecule has 1 aromatic heterocycles. The maximum atomic E-state index is 5.21. The fraction of sp³-hybridized carbons (Fsp3) is 0.308. The summed E-state index contributed by atoms with van der Waals surface area (Å²) in [4.78, 5) is 0. The van der Waals surface area contributed by atoms with Gasteiger partial charge in [-0.25, -0.2) is 0 Å². The van der Waals surface area contributed by atoms with Crippen LogP contribution >= 0.6 is 0 Å². The van der Waals surface area contributed by atoms with Gasteiger partial charge in [0.15, 0.2) is 0 Å². The average Bonchev–Trinajstić information content (AvgIpc) is 2.89. The third kappa shape index (κ3) is 3.07. The van der Waals surface area contributed by atoms with Crippen LogP contribution in [0.5, 0.6) is 5.75 Å². The van der Waals surface area contributed by atoms with Crippen molar-refractivity contribution in [2.75, 3.05) is 7.11 Å². The van der Waals surface area contributed by atoms with Crippen molar-refractivity contribution in [2.45, 2.75) is 19.5 Å². The first kappa shape index (κ1) is 11.7. The molecule has 0 amide bonds. The number of aromatic nitrogens is 2. The molecule has 0 aliphatic carbocycles. The number of aromatic amines is 1. The van der Waals surface area contributed by atoms with Gasteiger partial charge >= 0.3 is 0 Å². The monoisotopic (exact) mass is 231 g/mol. The summed E-state index contributed by atoms with van der Waals surface area (Å²) in [6.07, 6.45) is 1.76. The predicted octanol–water partition coefficient (Wildman–Crippen LogP) is 2.27. The van der Waals surface area contributed by atoms with Crippen molar-refractivity contribution in [3.63, 3.8) is 0 Å². The molecule has 0 spiro atoms. The van der Waals surface area contributed by atoms with E-state index in [-0.39, 0.29) is 6.04 Å². The van der Waals surface area contributed by atoms with Crippen LogP contribution in [0, 0.1) is 0 Å². The summed E-state index contributed by atoms with van der Waals surface area (Å²) in [5.41, 5.74) is 2.30. The Kier molecular flexibility index (Phi) is 3.77. The minimum atomic E-state index is 0.272. The summed E-state index contributed by atoms with van der Waals surface area (Å²) in [5.74, 6) is 0.887. The van der Waals surface area contributed by atoms with Gasteiger partial charge in [-0.2, -0.15) is 5.10 Å². The minimum absolute atomic E-state index is 0.272. The predicted molar refractivity (Wildman–Crippen MR) is 66.8 cm³/mol. The number of ether oxygens (including phenoxy) is 1. The van der Waals surface area contributed by atoms with Crippen molar-refractivity contribution in [2.24, 2.45) is 0 Å². The summed E-state index contributed by atoms with van der Waals surface area (Å²) in [6, 6.07) is 10.3. The molecule has 0 fully saturated rings. The topological polar surface area (TPSA) is 49.9 Å². The zero-order valence-corrected chi connectivity index (χ0v) is 10.1. The number of rotatable bonds is 5. The highest BCUT2D eigenvalue weighted by molar-refractivity contribution is 5.30. The van der Waals surface area contributed by atoms with Gasteiger partial charge < -0.3 is 10.1 Å². The van der Waals surface area contributed by atoms with E-state index in [0.29, 0.717) is 0 Å². The number of hydrogen-bond acceptors (Lipinski definition) is 3. The van der Waals surface area contributed by atoms with Crippen molar-refractivity contribution in [1.82, 2.24) is 15.5 Å². The Morgan fingerprint density at radius 1 is 1.41 bits per heavy atom. The third-order valence-corrected chi connectivity index (χ3v) is 2.75. The standard InChI is InChI=1S/C13H17N3O/c1-10(14-9-12-6-7-15-16-12)11-4-3-5-13(8-11)17-2/h3-8,10,14H,9H2,1-2H3,(H,15,16). The van der Waals surface area contributed by atoms with Gasteiger partial charge in [0, 0.05) is 24.5 Å². The maximum absolute atomic E-state index is 5.21. The summed E-state index contributed by atoms with van der Waals surface area (Å²) in [7, 11) is 1.68. The van der Waals surface area contributed by atoms with Crippen molar-refractivity contribution in [1.29, 1.82) is 0 Å². The second-order valence-corrected chi connectivity index (χ2v) is 3.96. The van der Waals surface area contributed by atoms with Crippen LogP contribution in [0.2, 0.25) is 0 Å². The molecule has 0 aliphatic rings. The lowest BCUT2D eigenvalue weighted by atomic mass is 10.1. The van der Waals surface area contributed by atoms with Gasteiger partial charge in [0.25, 0.3) is 0 Å². The van der Waals surface area contributed by atoms with Gasteiger partial charge in [-0.3, -0.25) is 5.10 Å². The van der Waals surface area contributed by atoms with Gasteiger partial charge in [-0.05, 0) is 30.7 Å². The van der Waals surface area contributed by atoms with Crippen LogP contribution in [0.1, 0.15) is 24.2 Å². The molecule has 1 aromatic carbocycles. The molecule has 1 unspecified atom stereocenters. The maximum Gasteiger partial charge on any atom is 0.119 e. The smallest absolute Gasteiger partial charge is 0.119 e. The van der Waals surface area contributed by atoms with Crippen LogP contribution in [-0.4, -0.2) is 17.3 Å². The SMILES string of the molecule is COc1cccc(C(C)NCc2ccn[nH]2)c1. The Balaban J connectivity index is 1.96. The molecule has 0 aliphatic heterocycles. The summed E-state index contributed by atoms with van der Waals surface area (Å²) >= 11 is 0. The molecule has 2 N–H and O–H groups in total. The highest BCUT2D eigenvalue weighted by Crippen LogP contribution is 2.18. The van der Waals surface area contributed by atoms with E-state index in [4.69, 9.17) is 4.74 Å². The summed E-state index contributed by atoms with van der Waals surface area (Å²) in [5, 5.41) is 10.3. The summed E-state index contributed by atoms with van der Waals surface area (Å²) < 4.78 is 5.21. The number of hydrogen-bond donors (Lipinski definition) is 2. The minimum Gasteiger partial charge on any atom is -0.497 e. The molecule has 4 heteroatoms. The molecular formula is C13H17N3O.